The highest BCUT2D eigenvalue weighted by Gasteiger charge is 2.26. The predicted octanol–water partition coefficient (Wildman–Crippen LogP) is 5.17. The van der Waals surface area contributed by atoms with Crippen LogP contribution in [0.25, 0.3) is 22.3 Å². The van der Waals surface area contributed by atoms with Crippen molar-refractivity contribution in [3.8, 4) is 33.8 Å². The van der Waals surface area contributed by atoms with Gasteiger partial charge in [-0.25, -0.2) is 0 Å². The second-order valence-electron chi connectivity index (χ2n) is 11.3. The van der Waals surface area contributed by atoms with Crippen molar-refractivity contribution in [1.82, 2.24) is 9.80 Å². The van der Waals surface area contributed by atoms with Gasteiger partial charge in [-0.1, -0.05) is 48.5 Å². The number of epoxide rings is 2. The van der Waals surface area contributed by atoms with Gasteiger partial charge in [0.2, 0.25) is 0 Å². The minimum Gasteiger partial charge on any atom is -0.491 e. The van der Waals surface area contributed by atoms with E-state index >= 15 is 0 Å². The Labute approximate surface area is 256 Å². The third-order valence-corrected chi connectivity index (χ3v) is 8.17. The maximum absolute atomic E-state index is 13.2. The Kier molecular flexibility index (Phi) is 8.01. The third-order valence-electron chi connectivity index (χ3n) is 8.17. The Morgan fingerprint density at radius 2 is 0.818 bits per heavy atom. The number of nitrogens with zero attached hydrogens (tertiary/aromatic N) is 2. The highest BCUT2D eigenvalue weighted by Crippen LogP contribution is 2.26. The maximum atomic E-state index is 13.2. The number of carbonyl (C=O) groups excluding carboxylic acids is 2. The van der Waals surface area contributed by atoms with E-state index < -0.39 is 0 Å². The molecule has 0 saturated carbocycles. The fourth-order valence-electron chi connectivity index (χ4n) is 5.28. The Hall–Kier alpha value is -4.66. The van der Waals surface area contributed by atoms with Crippen molar-refractivity contribution in [3.63, 3.8) is 0 Å². The van der Waals surface area contributed by atoms with E-state index in [2.05, 4.69) is 0 Å². The second-order valence-corrected chi connectivity index (χ2v) is 11.3. The zero-order valence-electron chi connectivity index (χ0n) is 24.4. The lowest BCUT2D eigenvalue weighted by Crippen LogP contribution is -2.50. The van der Waals surface area contributed by atoms with Crippen LogP contribution in [0.4, 0.5) is 0 Å². The van der Waals surface area contributed by atoms with Gasteiger partial charge >= 0.3 is 0 Å². The Morgan fingerprint density at radius 1 is 0.523 bits per heavy atom. The van der Waals surface area contributed by atoms with Crippen LogP contribution < -0.4 is 9.47 Å². The highest BCUT2D eigenvalue weighted by molar-refractivity contribution is 5.96. The Bertz CT molecular complexity index is 1460. The molecule has 0 radical (unpaired) electrons. The van der Waals surface area contributed by atoms with E-state index in [1.54, 1.807) is 0 Å². The summed E-state index contributed by atoms with van der Waals surface area (Å²) in [5.74, 6) is 1.60. The SMILES string of the molecule is O=C(c1ccc(-c2ccc(OCC3CO3)cc2)cc1)N1CCN(C(=O)c2ccc(-c3ccc(OCC4CO4)cc3)cc2)CC1. The number of carbonyl (C=O) groups is 2. The van der Waals surface area contributed by atoms with Gasteiger partial charge in [-0.3, -0.25) is 9.59 Å². The van der Waals surface area contributed by atoms with Gasteiger partial charge in [-0.2, -0.15) is 0 Å². The number of benzene rings is 4. The number of rotatable bonds is 10. The van der Waals surface area contributed by atoms with Crippen LogP contribution in [0.1, 0.15) is 20.7 Å². The fourth-order valence-corrected chi connectivity index (χ4v) is 5.28. The van der Waals surface area contributed by atoms with Crippen molar-refractivity contribution in [2.45, 2.75) is 12.2 Å². The molecular weight excluding hydrogens is 556 g/mol. The summed E-state index contributed by atoms with van der Waals surface area (Å²) in [6, 6.07) is 31.2. The van der Waals surface area contributed by atoms with E-state index in [0.29, 0.717) is 50.5 Å². The zero-order valence-corrected chi connectivity index (χ0v) is 24.4. The maximum Gasteiger partial charge on any atom is 0.253 e. The van der Waals surface area contributed by atoms with Crippen molar-refractivity contribution in [2.75, 3.05) is 52.6 Å². The monoisotopic (exact) mass is 590 g/mol. The molecule has 8 nitrogen and oxygen atoms in total. The number of hydrogen-bond donors (Lipinski definition) is 0. The summed E-state index contributed by atoms with van der Waals surface area (Å²) in [4.78, 5) is 30.1. The van der Waals surface area contributed by atoms with Crippen molar-refractivity contribution in [1.29, 1.82) is 0 Å². The van der Waals surface area contributed by atoms with E-state index in [1.807, 2.05) is 107 Å². The van der Waals surface area contributed by atoms with E-state index in [-0.39, 0.29) is 24.0 Å². The van der Waals surface area contributed by atoms with Crippen LogP contribution in [0, 0.1) is 0 Å². The molecule has 3 saturated heterocycles. The first-order valence-corrected chi connectivity index (χ1v) is 15.1. The van der Waals surface area contributed by atoms with Crippen LogP contribution in [-0.4, -0.2) is 86.4 Å². The van der Waals surface area contributed by atoms with Crippen LogP contribution in [-0.2, 0) is 9.47 Å². The first kappa shape index (κ1) is 28.1. The number of hydrogen-bond acceptors (Lipinski definition) is 6. The zero-order chi connectivity index (χ0) is 29.9. The number of ether oxygens (including phenoxy) is 4. The lowest BCUT2D eigenvalue weighted by atomic mass is 10.0. The molecule has 0 bridgehead atoms. The summed E-state index contributed by atoms with van der Waals surface area (Å²) >= 11 is 0. The van der Waals surface area contributed by atoms with Crippen molar-refractivity contribution in [3.05, 3.63) is 108 Å². The highest BCUT2D eigenvalue weighted by atomic mass is 16.6. The molecule has 4 aromatic rings. The minimum absolute atomic E-state index is 0.0173. The molecular formula is C36H34N2O6. The first-order valence-electron chi connectivity index (χ1n) is 15.1. The summed E-state index contributed by atoms with van der Waals surface area (Å²) in [5.41, 5.74) is 5.47. The molecule has 0 spiro atoms. The van der Waals surface area contributed by atoms with Gasteiger partial charge in [0.15, 0.2) is 0 Å². The number of amides is 2. The summed E-state index contributed by atoms with van der Waals surface area (Å²) < 4.78 is 21.8. The van der Waals surface area contributed by atoms with Gasteiger partial charge in [0.05, 0.1) is 13.2 Å². The quantitative estimate of drug-likeness (QED) is 0.237. The molecule has 0 N–H and O–H groups in total. The van der Waals surface area contributed by atoms with Gasteiger partial charge in [0, 0.05) is 37.3 Å². The van der Waals surface area contributed by atoms with Gasteiger partial charge in [-0.15, -0.1) is 0 Å². The van der Waals surface area contributed by atoms with Gasteiger partial charge < -0.3 is 28.7 Å². The first-order chi connectivity index (χ1) is 21.6. The molecule has 7 rings (SSSR count). The van der Waals surface area contributed by atoms with E-state index in [4.69, 9.17) is 18.9 Å². The average molecular weight is 591 g/mol. The second kappa shape index (κ2) is 12.5. The Balaban J connectivity index is 0.899. The number of piperazine rings is 1. The molecule has 0 aromatic heterocycles. The molecule has 3 fully saturated rings. The molecule has 3 aliphatic heterocycles. The molecule has 44 heavy (non-hydrogen) atoms. The van der Waals surface area contributed by atoms with Crippen molar-refractivity contribution < 1.29 is 28.5 Å². The van der Waals surface area contributed by atoms with Crippen molar-refractivity contribution >= 4 is 11.8 Å². The van der Waals surface area contributed by atoms with Gasteiger partial charge in [0.1, 0.15) is 36.9 Å². The predicted molar refractivity (Wildman–Crippen MR) is 166 cm³/mol. The lowest BCUT2D eigenvalue weighted by molar-refractivity contribution is 0.0535. The normalized spacial score (nSPS) is 18.9. The summed E-state index contributed by atoms with van der Waals surface area (Å²) in [7, 11) is 0. The average Bonchev–Trinajstić information content (AvgIpc) is 4.03. The molecule has 224 valence electrons. The molecule has 2 atom stereocenters. The minimum atomic E-state index is -0.0173. The van der Waals surface area contributed by atoms with Gasteiger partial charge in [0.25, 0.3) is 11.8 Å². The topological polar surface area (TPSA) is 84.1 Å². The largest absolute Gasteiger partial charge is 0.491 e. The van der Waals surface area contributed by atoms with Gasteiger partial charge in [-0.05, 0) is 70.8 Å². The van der Waals surface area contributed by atoms with E-state index in [0.717, 1.165) is 47.0 Å². The van der Waals surface area contributed by atoms with E-state index in [9.17, 15) is 9.59 Å². The summed E-state index contributed by atoms with van der Waals surface area (Å²) in [5, 5.41) is 0. The Morgan fingerprint density at radius 3 is 1.11 bits per heavy atom. The summed E-state index contributed by atoms with van der Waals surface area (Å²) in [6.45, 7) is 4.70. The molecule has 8 heteroatoms. The van der Waals surface area contributed by atoms with Crippen LogP contribution >= 0.6 is 0 Å². The summed E-state index contributed by atoms with van der Waals surface area (Å²) in [6.07, 6.45) is 0.453. The fraction of sp³-hybridized carbons (Fsp3) is 0.278. The molecule has 2 unspecified atom stereocenters. The lowest BCUT2D eigenvalue weighted by Gasteiger charge is -2.35. The van der Waals surface area contributed by atoms with Crippen LogP contribution in [0.3, 0.4) is 0 Å². The molecule has 4 aromatic carbocycles. The molecule has 3 aliphatic rings. The van der Waals surface area contributed by atoms with Crippen molar-refractivity contribution in [2.24, 2.45) is 0 Å². The molecule has 2 amide bonds. The molecule has 0 aliphatic carbocycles. The van der Waals surface area contributed by atoms with Crippen LogP contribution in [0.2, 0.25) is 0 Å². The van der Waals surface area contributed by atoms with Crippen LogP contribution in [0.5, 0.6) is 11.5 Å². The van der Waals surface area contributed by atoms with Crippen LogP contribution in [0.15, 0.2) is 97.1 Å². The standard InChI is InChI=1S/C36H34N2O6/c39-35(29-5-1-25(2-6-29)27-9-13-31(14-10-27)41-21-33-23-43-33)37-17-19-38(20-18-37)36(40)30-7-3-26(4-8-30)28-11-15-32(16-12-28)42-22-34-24-44-34/h1-16,33-34H,17-24H2. The molecule has 3 heterocycles. The van der Waals surface area contributed by atoms with E-state index in [1.165, 1.54) is 0 Å². The smallest absolute Gasteiger partial charge is 0.253 e. The third kappa shape index (κ3) is 6.77.